The van der Waals surface area contributed by atoms with Crippen molar-refractivity contribution in [2.45, 2.75) is 154 Å². The number of allylic oxidation sites excluding steroid dienone is 9. The van der Waals surface area contributed by atoms with Crippen LogP contribution in [0.1, 0.15) is 142 Å². The number of esters is 2. The third kappa shape index (κ3) is 27.1. The summed E-state index contributed by atoms with van der Waals surface area (Å²) in [5, 5.41) is 10.2. The first kappa shape index (κ1) is 47.4. The normalized spacial score (nSPS) is 17.7. The van der Waals surface area contributed by atoms with E-state index in [0.717, 1.165) is 64.2 Å². The minimum atomic E-state index is -4.81. The topological polar surface area (TPSA) is 157 Å². The first-order chi connectivity index (χ1) is 25.1. The predicted octanol–water partition coefficient (Wildman–Crippen LogP) is 9.35. The highest BCUT2D eigenvalue weighted by molar-refractivity contribution is 7.46. The molecule has 0 unspecified atom stereocenters. The Morgan fingerprint density at radius 2 is 1.40 bits per heavy atom. The number of aliphatic hydroxyl groups excluding tert-OH is 1. The van der Waals surface area contributed by atoms with Gasteiger partial charge in [0.15, 0.2) is 11.9 Å². The Kier molecular flexibility index (Phi) is 28.1. The standard InChI is InChI=1S/C41H67O10P/c1-3-5-7-8-9-10-11-12-13-14-15-16-17-18-24-28-41(45)51-37(34-50-52(46,47)48)33-49-40(44)27-23-20-19-22-25-35-29-32-39(43)38(35)31-30-36(42)26-21-6-4-2/h9-10,12-13,19,22,29-32,35-38,42H,3-8,11,14-18,20-21,23-28,33-34H2,1-2H3,(H2,46,47,48)/b10-9-,13-12-,22-19-,31-30+/t35-,36-,37+,38+/m0/s1. The molecule has 0 aromatic carbocycles. The Morgan fingerprint density at radius 1 is 0.788 bits per heavy atom. The Labute approximate surface area is 313 Å². The molecule has 0 spiro atoms. The van der Waals surface area contributed by atoms with Crippen LogP contribution in [0, 0.1) is 11.8 Å². The van der Waals surface area contributed by atoms with Crippen LogP contribution < -0.4 is 0 Å². The van der Waals surface area contributed by atoms with Gasteiger partial charge in [0.25, 0.3) is 0 Å². The maximum atomic E-state index is 12.4. The van der Waals surface area contributed by atoms with Crippen molar-refractivity contribution >= 4 is 25.5 Å². The quantitative estimate of drug-likeness (QED) is 0.0262. The lowest BCUT2D eigenvalue weighted by Gasteiger charge is -2.18. The van der Waals surface area contributed by atoms with Gasteiger partial charge in [-0.25, -0.2) is 4.57 Å². The summed E-state index contributed by atoms with van der Waals surface area (Å²) < 4.78 is 26.3. The maximum absolute atomic E-state index is 12.4. The summed E-state index contributed by atoms with van der Waals surface area (Å²) in [5.41, 5.74) is 0. The number of aliphatic hydroxyl groups is 1. The van der Waals surface area contributed by atoms with Gasteiger partial charge in [-0.15, -0.1) is 0 Å². The van der Waals surface area contributed by atoms with E-state index in [2.05, 4.69) is 42.7 Å². The van der Waals surface area contributed by atoms with E-state index >= 15 is 0 Å². The molecule has 0 aromatic heterocycles. The van der Waals surface area contributed by atoms with Gasteiger partial charge in [-0.2, -0.15) is 0 Å². The minimum absolute atomic E-state index is 0.0258. The van der Waals surface area contributed by atoms with Crippen LogP contribution in [0.3, 0.4) is 0 Å². The predicted molar refractivity (Wildman–Crippen MR) is 206 cm³/mol. The summed E-state index contributed by atoms with van der Waals surface area (Å²) >= 11 is 0. The number of phosphoric ester groups is 1. The lowest BCUT2D eigenvalue weighted by molar-refractivity contribution is -0.161. The molecule has 0 aliphatic heterocycles. The summed E-state index contributed by atoms with van der Waals surface area (Å²) in [6.07, 6.45) is 35.7. The van der Waals surface area contributed by atoms with Crippen molar-refractivity contribution in [1.29, 1.82) is 0 Å². The number of carbonyl (C=O) groups is 3. The van der Waals surface area contributed by atoms with Crippen LogP contribution in [0.25, 0.3) is 0 Å². The molecule has 0 fully saturated rings. The fourth-order valence-electron chi connectivity index (χ4n) is 5.69. The average Bonchev–Trinajstić information content (AvgIpc) is 3.46. The molecule has 52 heavy (non-hydrogen) atoms. The Balaban J connectivity index is 2.29. The van der Waals surface area contributed by atoms with Gasteiger partial charge < -0.3 is 24.4 Å². The average molecular weight is 751 g/mol. The molecule has 0 heterocycles. The molecular weight excluding hydrogens is 683 g/mol. The monoisotopic (exact) mass is 750 g/mol. The van der Waals surface area contributed by atoms with Crippen molar-refractivity contribution in [3.05, 3.63) is 60.8 Å². The fourth-order valence-corrected chi connectivity index (χ4v) is 6.05. The van der Waals surface area contributed by atoms with Gasteiger partial charge in [0.05, 0.1) is 12.7 Å². The summed E-state index contributed by atoms with van der Waals surface area (Å²) in [7, 11) is -4.81. The third-order valence-electron chi connectivity index (χ3n) is 8.76. The number of rotatable bonds is 32. The van der Waals surface area contributed by atoms with Crippen molar-refractivity contribution in [3.63, 3.8) is 0 Å². The minimum Gasteiger partial charge on any atom is -0.462 e. The van der Waals surface area contributed by atoms with Crippen LogP contribution >= 0.6 is 7.82 Å². The fraction of sp³-hybridized carbons (Fsp3) is 0.683. The molecule has 4 atom stereocenters. The van der Waals surface area contributed by atoms with Crippen LogP contribution in [0.15, 0.2) is 60.8 Å². The van der Waals surface area contributed by atoms with Gasteiger partial charge >= 0.3 is 19.8 Å². The highest BCUT2D eigenvalue weighted by Crippen LogP contribution is 2.36. The molecule has 296 valence electrons. The van der Waals surface area contributed by atoms with E-state index in [4.69, 9.17) is 19.3 Å². The Bertz CT molecular complexity index is 1170. The molecular formula is C41H67O10P. The summed E-state index contributed by atoms with van der Waals surface area (Å²) in [4.78, 5) is 55.2. The number of unbranched alkanes of at least 4 members (excludes halogenated alkanes) is 11. The highest BCUT2D eigenvalue weighted by atomic mass is 31.2. The largest absolute Gasteiger partial charge is 0.469 e. The van der Waals surface area contributed by atoms with Gasteiger partial charge in [-0.3, -0.25) is 18.9 Å². The van der Waals surface area contributed by atoms with Crippen molar-refractivity contribution in [3.8, 4) is 0 Å². The molecule has 0 radical (unpaired) electrons. The van der Waals surface area contributed by atoms with Gasteiger partial charge in [0, 0.05) is 18.8 Å². The van der Waals surface area contributed by atoms with Gasteiger partial charge in [0.2, 0.25) is 0 Å². The summed E-state index contributed by atoms with van der Waals surface area (Å²) in [6.45, 7) is 3.36. The zero-order valence-corrected chi connectivity index (χ0v) is 32.7. The summed E-state index contributed by atoms with van der Waals surface area (Å²) in [5.74, 6) is -1.28. The zero-order chi connectivity index (χ0) is 38.3. The molecule has 0 aromatic rings. The van der Waals surface area contributed by atoms with E-state index in [0.29, 0.717) is 32.1 Å². The van der Waals surface area contributed by atoms with Crippen LogP contribution in [0.5, 0.6) is 0 Å². The molecule has 10 nitrogen and oxygen atoms in total. The Hall–Kier alpha value is -2.62. The second-order valence-corrected chi connectivity index (χ2v) is 14.8. The second-order valence-electron chi connectivity index (χ2n) is 13.6. The molecule has 0 saturated carbocycles. The van der Waals surface area contributed by atoms with Crippen molar-refractivity contribution in [2.75, 3.05) is 13.2 Å². The molecule has 1 rings (SSSR count). The lowest BCUT2D eigenvalue weighted by atomic mass is 9.90. The SMILES string of the molecule is CCCCC/C=C\C/C=C\CCCCCCCC(=O)O[C@H](COC(=O)CCC/C=C\C[C@H]1C=CC(=O)[C@@H]1/C=C/[C@@H](O)CCCCC)COP(=O)(O)O. The molecule has 1 aliphatic rings. The van der Waals surface area contributed by atoms with Crippen LogP contribution in [0.4, 0.5) is 0 Å². The second kappa shape index (κ2) is 30.8. The smallest absolute Gasteiger partial charge is 0.462 e. The first-order valence-corrected chi connectivity index (χ1v) is 21.2. The van der Waals surface area contributed by atoms with Gasteiger partial charge in [-0.1, -0.05) is 120 Å². The van der Waals surface area contributed by atoms with Crippen LogP contribution in [0.2, 0.25) is 0 Å². The highest BCUT2D eigenvalue weighted by Gasteiger charge is 2.27. The maximum Gasteiger partial charge on any atom is 0.469 e. The molecule has 3 N–H and O–H groups in total. The van der Waals surface area contributed by atoms with Gasteiger partial charge in [0.1, 0.15) is 6.61 Å². The van der Waals surface area contributed by atoms with E-state index in [1.54, 1.807) is 12.2 Å². The number of ether oxygens (including phenoxy) is 2. The van der Waals surface area contributed by atoms with E-state index in [-0.39, 0.29) is 37.1 Å². The van der Waals surface area contributed by atoms with Crippen LogP contribution in [-0.2, 0) is 32.9 Å². The molecule has 11 heteroatoms. The number of ketones is 1. The van der Waals surface area contributed by atoms with Gasteiger partial charge in [-0.05, 0) is 76.2 Å². The lowest BCUT2D eigenvalue weighted by Crippen LogP contribution is -2.29. The molecule has 0 bridgehead atoms. The third-order valence-corrected chi connectivity index (χ3v) is 9.24. The Morgan fingerprint density at radius 3 is 2.12 bits per heavy atom. The van der Waals surface area contributed by atoms with E-state index < -0.39 is 38.6 Å². The summed E-state index contributed by atoms with van der Waals surface area (Å²) in [6, 6.07) is 0. The number of hydrogen-bond acceptors (Lipinski definition) is 8. The van der Waals surface area contributed by atoms with Crippen molar-refractivity contribution in [2.24, 2.45) is 11.8 Å². The van der Waals surface area contributed by atoms with E-state index in [1.165, 1.54) is 19.3 Å². The number of carbonyl (C=O) groups excluding carboxylic acids is 3. The van der Waals surface area contributed by atoms with E-state index in [1.807, 2.05) is 24.3 Å². The van der Waals surface area contributed by atoms with Crippen LogP contribution in [-0.4, -0.2) is 58.0 Å². The van der Waals surface area contributed by atoms with Crippen molar-refractivity contribution in [1.82, 2.24) is 0 Å². The zero-order valence-electron chi connectivity index (χ0n) is 31.8. The van der Waals surface area contributed by atoms with Crippen molar-refractivity contribution < 1.29 is 47.8 Å². The van der Waals surface area contributed by atoms with E-state index in [9.17, 15) is 24.1 Å². The first-order valence-electron chi connectivity index (χ1n) is 19.6. The number of hydrogen-bond donors (Lipinski definition) is 3. The molecule has 1 aliphatic carbocycles. The number of phosphoric acid groups is 1. The molecule has 0 saturated heterocycles. The molecule has 0 amide bonds.